The van der Waals surface area contributed by atoms with E-state index in [1.54, 1.807) is 19.9 Å². The van der Waals surface area contributed by atoms with Crippen LogP contribution in [0, 0.1) is 6.92 Å². The van der Waals surface area contributed by atoms with E-state index in [1.807, 2.05) is 13.8 Å². The maximum Gasteiger partial charge on any atom is 0.339 e. The minimum atomic E-state index is -0.882. The van der Waals surface area contributed by atoms with Gasteiger partial charge in [-0.3, -0.25) is 4.79 Å². The molecule has 0 spiro atoms. The van der Waals surface area contributed by atoms with Crippen LogP contribution in [-0.4, -0.2) is 34.2 Å². The molecule has 0 bridgehead atoms. The van der Waals surface area contributed by atoms with Crippen LogP contribution >= 0.6 is 0 Å². The average Bonchev–Trinajstić information content (AvgIpc) is 3.30. The van der Waals surface area contributed by atoms with E-state index in [0.717, 1.165) is 18.5 Å². The smallest absolute Gasteiger partial charge is 0.339 e. The summed E-state index contributed by atoms with van der Waals surface area (Å²) in [5.41, 5.74) is 2.07. The van der Waals surface area contributed by atoms with Crippen LogP contribution in [0.4, 0.5) is 0 Å². The number of rotatable bonds is 5. The molecule has 7 nitrogen and oxygen atoms in total. The molecule has 0 radical (unpaired) electrons. The Balaban J connectivity index is 1.88. The summed E-state index contributed by atoms with van der Waals surface area (Å²) in [6.45, 7) is 6.99. The highest BCUT2D eigenvalue weighted by atomic mass is 16.5. The predicted octanol–water partition coefficient (Wildman–Crippen LogP) is 2.48. The molecule has 7 heteroatoms. The van der Waals surface area contributed by atoms with Gasteiger partial charge in [0.05, 0.1) is 16.6 Å². The molecule has 0 aliphatic heterocycles. The van der Waals surface area contributed by atoms with Crippen LogP contribution < -0.4 is 5.32 Å². The quantitative estimate of drug-likeness (QED) is 0.846. The van der Waals surface area contributed by atoms with Gasteiger partial charge in [-0.1, -0.05) is 5.16 Å². The molecule has 1 aliphatic rings. The van der Waals surface area contributed by atoms with Crippen molar-refractivity contribution in [1.29, 1.82) is 0 Å². The number of fused-ring (bicyclic) bond motifs is 1. The minimum absolute atomic E-state index is 0.0203. The molecule has 1 fully saturated rings. The third-order valence-corrected chi connectivity index (χ3v) is 3.94. The number of nitrogens with zero attached hydrogens (tertiary/aromatic N) is 2. The highest BCUT2D eigenvalue weighted by molar-refractivity contribution is 6.04. The van der Waals surface area contributed by atoms with Crippen LogP contribution in [0.1, 0.15) is 61.3 Å². The van der Waals surface area contributed by atoms with Crippen LogP contribution in [0.25, 0.3) is 11.1 Å². The molecule has 0 unspecified atom stereocenters. The Hall–Kier alpha value is -2.44. The maximum absolute atomic E-state index is 12.6. The number of aromatic nitrogens is 2. The maximum atomic E-state index is 12.6. The van der Waals surface area contributed by atoms with Crippen LogP contribution in [0.15, 0.2) is 10.6 Å². The fourth-order valence-electron chi connectivity index (χ4n) is 2.54. The van der Waals surface area contributed by atoms with E-state index >= 15 is 0 Å². The number of amides is 1. The number of carbonyl (C=O) groups excluding carboxylic acids is 2. The number of ether oxygens (including phenoxy) is 1. The average molecular weight is 331 g/mol. The summed E-state index contributed by atoms with van der Waals surface area (Å²) in [6, 6.07) is 1.72. The highest BCUT2D eigenvalue weighted by Gasteiger charge is 2.30. The molecule has 3 rings (SSSR count). The van der Waals surface area contributed by atoms with Crippen molar-refractivity contribution in [2.75, 3.05) is 0 Å². The van der Waals surface area contributed by atoms with Crippen LogP contribution in [0.2, 0.25) is 0 Å². The second-order valence-corrected chi connectivity index (χ2v) is 6.53. The van der Waals surface area contributed by atoms with E-state index in [2.05, 4.69) is 15.5 Å². The lowest BCUT2D eigenvalue weighted by molar-refractivity contribution is -0.129. The monoisotopic (exact) mass is 331 g/mol. The van der Waals surface area contributed by atoms with Gasteiger partial charge in [-0.2, -0.15) is 0 Å². The summed E-state index contributed by atoms with van der Waals surface area (Å²) >= 11 is 0. The number of aryl methyl sites for hydroxylation is 1. The second kappa shape index (κ2) is 6.22. The summed E-state index contributed by atoms with van der Waals surface area (Å²) in [6.07, 6.45) is 1.22. The molecule has 1 atom stereocenters. The molecule has 0 saturated heterocycles. The van der Waals surface area contributed by atoms with Crippen molar-refractivity contribution in [3.8, 4) is 0 Å². The van der Waals surface area contributed by atoms with Crippen molar-refractivity contribution in [1.82, 2.24) is 15.5 Å². The Bertz CT molecular complexity index is 792. The first-order chi connectivity index (χ1) is 11.4. The largest absolute Gasteiger partial charge is 0.449 e. The second-order valence-electron chi connectivity index (χ2n) is 6.53. The van der Waals surface area contributed by atoms with Crippen molar-refractivity contribution in [2.45, 2.75) is 58.6 Å². The molecule has 2 heterocycles. The van der Waals surface area contributed by atoms with Gasteiger partial charge in [-0.05, 0) is 46.6 Å². The summed E-state index contributed by atoms with van der Waals surface area (Å²) in [5, 5.41) is 7.15. The van der Waals surface area contributed by atoms with Gasteiger partial charge in [0.25, 0.3) is 11.6 Å². The van der Waals surface area contributed by atoms with Gasteiger partial charge in [0.15, 0.2) is 6.10 Å². The summed E-state index contributed by atoms with van der Waals surface area (Å²) in [4.78, 5) is 29.0. The number of pyridine rings is 1. The molecule has 1 amide bonds. The number of esters is 1. The highest BCUT2D eigenvalue weighted by Crippen LogP contribution is 2.40. The Morgan fingerprint density at radius 1 is 1.33 bits per heavy atom. The lowest BCUT2D eigenvalue weighted by Crippen LogP contribution is -2.39. The van der Waals surface area contributed by atoms with E-state index in [-0.39, 0.29) is 11.9 Å². The van der Waals surface area contributed by atoms with Gasteiger partial charge in [0.1, 0.15) is 0 Å². The molecule has 2 aromatic heterocycles. The van der Waals surface area contributed by atoms with E-state index in [4.69, 9.17) is 9.26 Å². The number of hydrogen-bond donors (Lipinski definition) is 1. The predicted molar refractivity (Wildman–Crippen MR) is 86.7 cm³/mol. The van der Waals surface area contributed by atoms with Gasteiger partial charge in [0, 0.05) is 17.7 Å². The molecule has 1 N–H and O–H groups in total. The topological polar surface area (TPSA) is 94.3 Å². The number of nitrogens with one attached hydrogen (secondary N) is 1. The summed E-state index contributed by atoms with van der Waals surface area (Å²) in [7, 11) is 0. The van der Waals surface area contributed by atoms with Crippen LogP contribution in [-0.2, 0) is 9.53 Å². The Labute approximate surface area is 139 Å². The fourth-order valence-corrected chi connectivity index (χ4v) is 2.54. The van der Waals surface area contributed by atoms with E-state index in [1.165, 1.54) is 0 Å². The van der Waals surface area contributed by atoms with Gasteiger partial charge >= 0.3 is 5.97 Å². The molecule has 2 aromatic rings. The van der Waals surface area contributed by atoms with Crippen molar-refractivity contribution < 1.29 is 18.8 Å². The van der Waals surface area contributed by atoms with Crippen molar-refractivity contribution in [3.05, 3.63) is 23.0 Å². The van der Waals surface area contributed by atoms with Gasteiger partial charge < -0.3 is 14.6 Å². The van der Waals surface area contributed by atoms with Crippen molar-refractivity contribution in [2.24, 2.45) is 0 Å². The summed E-state index contributed by atoms with van der Waals surface area (Å²) < 4.78 is 10.6. The molecule has 1 saturated carbocycles. The molecular weight excluding hydrogens is 310 g/mol. The van der Waals surface area contributed by atoms with E-state index in [0.29, 0.717) is 28.3 Å². The third-order valence-electron chi connectivity index (χ3n) is 3.94. The minimum Gasteiger partial charge on any atom is -0.449 e. The van der Waals surface area contributed by atoms with Crippen molar-refractivity contribution in [3.63, 3.8) is 0 Å². The number of carbonyl (C=O) groups is 2. The van der Waals surface area contributed by atoms with E-state index < -0.39 is 12.1 Å². The molecule has 1 aliphatic carbocycles. The first kappa shape index (κ1) is 16.4. The van der Waals surface area contributed by atoms with Crippen molar-refractivity contribution >= 4 is 23.0 Å². The molecule has 0 aromatic carbocycles. The Morgan fingerprint density at radius 3 is 2.67 bits per heavy atom. The SMILES string of the molecule is Cc1noc2nc(C3CC3)cc(C(=O)O[C@H](C)C(=O)NC(C)C)c12. The van der Waals surface area contributed by atoms with Gasteiger partial charge in [-0.25, -0.2) is 9.78 Å². The fraction of sp³-hybridized carbons (Fsp3) is 0.529. The van der Waals surface area contributed by atoms with E-state index in [9.17, 15) is 9.59 Å². The molecular formula is C17H21N3O4. The lowest BCUT2D eigenvalue weighted by Gasteiger charge is -2.15. The molecule has 128 valence electrons. The zero-order valence-corrected chi connectivity index (χ0v) is 14.3. The summed E-state index contributed by atoms with van der Waals surface area (Å²) in [5.74, 6) is -0.539. The molecule has 24 heavy (non-hydrogen) atoms. The zero-order chi connectivity index (χ0) is 17.4. The lowest BCUT2D eigenvalue weighted by atomic mass is 10.1. The normalized spacial score (nSPS) is 15.5. The first-order valence-corrected chi connectivity index (χ1v) is 8.15. The van der Waals surface area contributed by atoms with Crippen LogP contribution in [0.3, 0.4) is 0 Å². The number of hydrogen-bond acceptors (Lipinski definition) is 6. The van der Waals surface area contributed by atoms with Gasteiger partial charge in [0.2, 0.25) is 0 Å². The Kier molecular flexibility index (Phi) is 4.26. The van der Waals surface area contributed by atoms with Gasteiger partial charge in [-0.15, -0.1) is 0 Å². The zero-order valence-electron chi connectivity index (χ0n) is 14.3. The Morgan fingerprint density at radius 2 is 2.04 bits per heavy atom. The first-order valence-electron chi connectivity index (χ1n) is 8.15. The third kappa shape index (κ3) is 3.25. The standard InChI is InChI=1S/C17H21N3O4/c1-8(2)18-15(21)10(4)23-17(22)12-7-13(11-5-6-11)19-16-14(12)9(3)20-24-16/h7-8,10-11H,5-6H2,1-4H3,(H,18,21)/t10-/m1/s1. The van der Waals surface area contributed by atoms with Crippen LogP contribution in [0.5, 0.6) is 0 Å².